The number of nitrogens with one attached hydrogen (secondary N) is 2. The molecular formula is C12H14N2O5. The quantitative estimate of drug-likeness (QED) is 0.656. The Balaban J connectivity index is 1.93. The van der Waals surface area contributed by atoms with Crippen molar-refractivity contribution in [2.24, 2.45) is 5.41 Å². The molecular weight excluding hydrogens is 252 g/mol. The second kappa shape index (κ2) is 4.75. The SMILES string of the molecule is CNC(=O)C1(C(=O)NCc2ccc(C(=O)O)o2)CC1. The number of furan rings is 1. The topological polar surface area (TPSA) is 109 Å². The molecule has 1 aromatic heterocycles. The van der Waals surface area contributed by atoms with Gasteiger partial charge in [-0.1, -0.05) is 0 Å². The van der Waals surface area contributed by atoms with Crippen molar-refractivity contribution in [2.75, 3.05) is 7.05 Å². The summed E-state index contributed by atoms with van der Waals surface area (Å²) in [6.45, 7) is 0.0604. The second-order valence-corrected chi connectivity index (χ2v) is 4.42. The van der Waals surface area contributed by atoms with Crippen LogP contribution in [-0.2, 0) is 16.1 Å². The lowest BCUT2D eigenvalue weighted by Gasteiger charge is -2.12. The maximum atomic E-state index is 11.9. The van der Waals surface area contributed by atoms with E-state index in [9.17, 15) is 14.4 Å². The number of carbonyl (C=O) groups excluding carboxylic acids is 2. The minimum atomic E-state index is -1.17. The maximum Gasteiger partial charge on any atom is 0.371 e. The molecule has 1 fully saturated rings. The van der Waals surface area contributed by atoms with E-state index < -0.39 is 11.4 Å². The average Bonchev–Trinajstić information content (AvgIpc) is 3.07. The molecule has 3 N–H and O–H groups in total. The summed E-state index contributed by atoms with van der Waals surface area (Å²) in [5.74, 6) is -1.67. The lowest BCUT2D eigenvalue weighted by molar-refractivity contribution is -0.137. The van der Waals surface area contributed by atoms with Gasteiger partial charge in [0, 0.05) is 7.05 Å². The van der Waals surface area contributed by atoms with Crippen LogP contribution in [-0.4, -0.2) is 29.9 Å². The Bertz CT molecular complexity index is 530. The monoisotopic (exact) mass is 266 g/mol. The highest BCUT2D eigenvalue weighted by Crippen LogP contribution is 2.46. The van der Waals surface area contributed by atoms with Gasteiger partial charge in [-0.2, -0.15) is 0 Å². The molecule has 7 heteroatoms. The predicted octanol–water partition coefficient (Wildman–Crippen LogP) is 0.120. The molecule has 1 aliphatic carbocycles. The molecule has 1 heterocycles. The average molecular weight is 266 g/mol. The number of carboxylic acids is 1. The van der Waals surface area contributed by atoms with E-state index in [1.807, 2.05) is 0 Å². The Hall–Kier alpha value is -2.31. The first kappa shape index (κ1) is 13.1. The Morgan fingerprint density at radius 3 is 2.47 bits per heavy atom. The van der Waals surface area contributed by atoms with E-state index in [1.54, 1.807) is 0 Å². The van der Waals surface area contributed by atoms with Crippen LogP contribution in [0.5, 0.6) is 0 Å². The zero-order valence-corrected chi connectivity index (χ0v) is 10.4. The van der Waals surface area contributed by atoms with Crippen LogP contribution in [0.2, 0.25) is 0 Å². The number of hydrogen-bond donors (Lipinski definition) is 3. The molecule has 0 saturated heterocycles. The Labute approximate surface area is 109 Å². The van der Waals surface area contributed by atoms with E-state index >= 15 is 0 Å². The van der Waals surface area contributed by atoms with Crippen LogP contribution in [0.15, 0.2) is 16.5 Å². The molecule has 0 unspecified atom stereocenters. The summed E-state index contributed by atoms with van der Waals surface area (Å²) in [4.78, 5) is 34.1. The number of hydrogen-bond acceptors (Lipinski definition) is 4. The van der Waals surface area contributed by atoms with E-state index in [1.165, 1.54) is 19.2 Å². The van der Waals surface area contributed by atoms with Crippen LogP contribution < -0.4 is 10.6 Å². The third-order valence-electron chi connectivity index (χ3n) is 3.14. The maximum absolute atomic E-state index is 11.9. The largest absolute Gasteiger partial charge is 0.475 e. The predicted molar refractivity (Wildman–Crippen MR) is 63.2 cm³/mol. The van der Waals surface area contributed by atoms with Gasteiger partial charge in [0.2, 0.25) is 17.6 Å². The third kappa shape index (κ3) is 2.44. The number of rotatable bonds is 5. The molecule has 2 amide bonds. The van der Waals surface area contributed by atoms with Gasteiger partial charge in [-0.15, -0.1) is 0 Å². The van der Waals surface area contributed by atoms with E-state index in [2.05, 4.69) is 10.6 Å². The molecule has 1 aromatic rings. The smallest absolute Gasteiger partial charge is 0.371 e. The molecule has 0 atom stereocenters. The van der Waals surface area contributed by atoms with Crippen LogP contribution in [0, 0.1) is 5.41 Å². The third-order valence-corrected chi connectivity index (χ3v) is 3.14. The van der Waals surface area contributed by atoms with Crippen molar-refractivity contribution in [2.45, 2.75) is 19.4 Å². The normalized spacial score (nSPS) is 15.6. The molecule has 0 aromatic carbocycles. The van der Waals surface area contributed by atoms with Crippen molar-refractivity contribution in [3.05, 3.63) is 23.7 Å². The van der Waals surface area contributed by atoms with Gasteiger partial charge in [0.05, 0.1) is 6.54 Å². The van der Waals surface area contributed by atoms with E-state index in [-0.39, 0.29) is 24.1 Å². The first-order valence-corrected chi connectivity index (χ1v) is 5.82. The fourth-order valence-corrected chi connectivity index (χ4v) is 1.85. The summed E-state index contributed by atoms with van der Waals surface area (Å²) in [6, 6.07) is 2.79. The summed E-state index contributed by atoms with van der Waals surface area (Å²) in [6.07, 6.45) is 1.05. The van der Waals surface area contributed by atoms with E-state index in [0.29, 0.717) is 18.6 Å². The molecule has 19 heavy (non-hydrogen) atoms. The molecule has 0 spiro atoms. The van der Waals surface area contributed by atoms with Crippen LogP contribution >= 0.6 is 0 Å². The van der Waals surface area contributed by atoms with Gasteiger partial charge in [0.1, 0.15) is 11.2 Å². The van der Waals surface area contributed by atoms with Gasteiger partial charge < -0.3 is 20.2 Å². The number of carbonyl (C=O) groups is 3. The molecule has 7 nitrogen and oxygen atoms in total. The highest BCUT2D eigenvalue weighted by molar-refractivity contribution is 6.07. The fraction of sp³-hybridized carbons (Fsp3) is 0.417. The zero-order valence-electron chi connectivity index (χ0n) is 10.4. The van der Waals surface area contributed by atoms with Crippen LogP contribution in [0.1, 0.15) is 29.2 Å². The first-order chi connectivity index (χ1) is 8.99. The molecule has 2 rings (SSSR count). The molecule has 102 valence electrons. The molecule has 0 bridgehead atoms. The Morgan fingerprint density at radius 2 is 2.00 bits per heavy atom. The lowest BCUT2D eigenvalue weighted by Crippen LogP contribution is -2.41. The van der Waals surface area contributed by atoms with Gasteiger partial charge in [0.15, 0.2) is 0 Å². The van der Waals surface area contributed by atoms with Gasteiger partial charge in [0.25, 0.3) is 0 Å². The number of aromatic carboxylic acids is 1. The van der Waals surface area contributed by atoms with Crippen molar-refractivity contribution in [1.29, 1.82) is 0 Å². The fourth-order valence-electron chi connectivity index (χ4n) is 1.85. The van der Waals surface area contributed by atoms with Crippen LogP contribution in [0.25, 0.3) is 0 Å². The van der Waals surface area contributed by atoms with Crippen LogP contribution in [0.4, 0.5) is 0 Å². The van der Waals surface area contributed by atoms with Gasteiger partial charge in [-0.25, -0.2) is 4.79 Å². The van der Waals surface area contributed by atoms with Crippen molar-refractivity contribution in [3.8, 4) is 0 Å². The van der Waals surface area contributed by atoms with E-state index in [0.717, 1.165) is 0 Å². The summed E-state index contributed by atoms with van der Waals surface area (Å²) in [5, 5.41) is 13.7. The van der Waals surface area contributed by atoms with Crippen molar-refractivity contribution < 1.29 is 23.9 Å². The summed E-state index contributed by atoms with van der Waals surface area (Å²) < 4.78 is 5.00. The van der Waals surface area contributed by atoms with Crippen molar-refractivity contribution >= 4 is 17.8 Å². The zero-order chi connectivity index (χ0) is 14.0. The standard InChI is InChI=1S/C12H14N2O5/c1-13-10(17)12(4-5-12)11(18)14-6-7-2-3-8(19-7)9(15)16/h2-3H,4-6H2,1H3,(H,13,17)(H,14,18)(H,15,16). The highest BCUT2D eigenvalue weighted by Gasteiger charge is 2.56. The van der Waals surface area contributed by atoms with Gasteiger partial charge in [-0.05, 0) is 25.0 Å². The second-order valence-electron chi connectivity index (χ2n) is 4.42. The highest BCUT2D eigenvalue weighted by atomic mass is 16.4. The van der Waals surface area contributed by atoms with Gasteiger partial charge in [-0.3, -0.25) is 9.59 Å². The minimum Gasteiger partial charge on any atom is -0.475 e. The van der Waals surface area contributed by atoms with E-state index in [4.69, 9.17) is 9.52 Å². The lowest BCUT2D eigenvalue weighted by atomic mass is 10.1. The van der Waals surface area contributed by atoms with Crippen molar-refractivity contribution in [3.63, 3.8) is 0 Å². The Morgan fingerprint density at radius 1 is 1.32 bits per heavy atom. The summed E-state index contributed by atoms with van der Waals surface area (Å²) in [5.41, 5.74) is -0.961. The number of carboxylic acid groups (broad SMARTS) is 1. The molecule has 0 radical (unpaired) electrons. The van der Waals surface area contributed by atoms with Crippen molar-refractivity contribution in [1.82, 2.24) is 10.6 Å². The summed E-state index contributed by atoms with van der Waals surface area (Å²) in [7, 11) is 1.49. The first-order valence-electron chi connectivity index (χ1n) is 5.82. The van der Waals surface area contributed by atoms with Crippen LogP contribution in [0.3, 0.4) is 0 Å². The molecule has 0 aliphatic heterocycles. The molecule has 1 aliphatic rings. The minimum absolute atomic E-state index is 0.0604. The number of amides is 2. The molecule has 1 saturated carbocycles. The Kier molecular flexibility index (Phi) is 3.28. The van der Waals surface area contributed by atoms with Gasteiger partial charge >= 0.3 is 5.97 Å². The summed E-state index contributed by atoms with van der Waals surface area (Å²) >= 11 is 0.